The van der Waals surface area contributed by atoms with Gasteiger partial charge in [0.2, 0.25) is 15.9 Å². The molecule has 6 rings (SSSR count). The molecule has 1 spiro atoms. The third-order valence-corrected chi connectivity index (χ3v) is 10.6. The van der Waals surface area contributed by atoms with Gasteiger partial charge in [-0.2, -0.15) is 9.40 Å². The Labute approximate surface area is 243 Å². The molecule has 218 valence electrons. The van der Waals surface area contributed by atoms with Crippen LogP contribution in [0.2, 0.25) is 5.02 Å². The Hall–Kier alpha value is -3.10. The van der Waals surface area contributed by atoms with Gasteiger partial charge in [-0.3, -0.25) is 14.7 Å². The van der Waals surface area contributed by atoms with Crippen LogP contribution in [0.15, 0.2) is 47.9 Å². The number of ether oxygens (including phenoxy) is 1. The largest absolute Gasteiger partial charge is 0.492 e. The Kier molecular flexibility index (Phi) is 7.49. The minimum Gasteiger partial charge on any atom is -0.492 e. The molecule has 3 aromatic rings. The molecule has 5 heterocycles. The molecule has 0 radical (unpaired) electrons. The number of fused-ring (bicyclic) bond motifs is 2. The van der Waals surface area contributed by atoms with Gasteiger partial charge in [-0.1, -0.05) is 11.6 Å². The van der Waals surface area contributed by atoms with E-state index in [4.69, 9.17) is 16.3 Å². The molecule has 2 saturated heterocycles. The van der Waals surface area contributed by atoms with Gasteiger partial charge in [0, 0.05) is 69.6 Å². The fourth-order valence-electron chi connectivity index (χ4n) is 6.00. The molecule has 0 bridgehead atoms. The number of rotatable bonds is 3. The van der Waals surface area contributed by atoms with E-state index < -0.39 is 33.6 Å². The molecule has 12 nitrogen and oxygen atoms in total. The number of piperidine rings is 1. The molecule has 2 N–H and O–H groups in total. The molecule has 2 atom stereocenters. The van der Waals surface area contributed by atoms with E-state index in [0.717, 1.165) is 9.87 Å². The van der Waals surface area contributed by atoms with Crippen molar-refractivity contribution in [2.75, 3.05) is 26.2 Å². The van der Waals surface area contributed by atoms with Crippen molar-refractivity contribution in [3.63, 3.8) is 0 Å². The highest BCUT2D eigenvalue weighted by Crippen LogP contribution is 2.37. The number of likely N-dealkylation sites (tertiary alicyclic amines) is 1. The highest BCUT2D eigenvalue weighted by atomic mass is 35.5. The zero-order valence-corrected chi connectivity index (χ0v) is 24.2. The van der Waals surface area contributed by atoms with Crippen molar-refractivity contribution < 1.29 is 23.1 Å². The van der Waals surface area contributed by atoms with Crippen molar-refractivity contribution >= 4 is 27.5 Å². The van der Waals surface area contributed by atoms with E-state index in [1.807, 2.05) is 6.07 Å². The van der Waals surface area contributed by atoms with E-state index in [1.54, 1.807) is 36.3 Å². The van der Waals surface area contributed by atoms with Crippen molar-refractivity contribution in [2.45, 2.75) is 54.8 Å². The maximum Gasteiger partial charge on any atom is 0.247 e. The van der Waals surface area contributed by atoms with Crippen LogP contribution >= 0.6 is 11.6 Å². The van der Waals surface area contributed by atoms with Gasteiger partial charge in [-0.15, -0.1) is 0 Å². The number of hydrogen-bond acceptors (Lipinski definition) is 9. The lowest BCUT2D eigenvalue weighted by molar-refractivity contribution is -0.127. The quantitative estimate of drug-likeness (QED) is 0.457. The van der Waals surface area contributed by atoms with Crippen LogP contribution in [0.3, 0.4) is 0 Å². The van der Waals surface area contributed by atoms with Gasteiger partial charge in [0.05, 0.1) is 17.7 Å². The lowest BCUT2D eigenvalue weighted by Crippen LogP contribution is -2.59. The predicted molar refractivity (Wildman–Crippen MR) is 149 cm³/mol. The van der Waals surface area contributed by atoms with E-state index in [2.05, 4.69) is 25.3 Å². The van der Waals surface area contributed by atoms with E-state index in [-0.39, 0.29) is 30.2 Å². The first kappa shape index (κ1) is 28.0. The predicted octanol–water partition coefficient (Wildman–Crippen LogP) is 1.59. The number of aromatic nitrogens is 4. The number of aryl methyl sites for hydroxylation is 1. The van der Waals surface area contributed by atoms with E-state index in [1.165, 1.54) is 12.4 Å². The molecule has 41 heavy (non-hydrogen) atoms. The zero-order chi connectivity index (χ0) is 28.8. The number of pyridine rings is 1. The molecule has 3 aliphatic rings. The van der Waals surface area contributed by atoms with Crippen molar-refractivity contribution in [1.29, 1.82) is 0 Å². The molecule has 0 saturated carbocycles. The van der Waals surface area contributed by atoms with Gasteiger partial charge in [-0.25, -0.2) is 18.1 Å². The second-order valence-electron chi connectivity index (χ2n) is 11.0. The van der Waals surface area contributed by atoms with Crippen LogP contribution in [0, 0.1) is 0 Å². The standard InChI is InChI=1S/C27H32ClN7O5S/c1-33-25(30-17-31-33)18-2-3-24-23(12-18)40-11-7-27(32-26(37)22-13-20(36)16-35(22)41(24,38)39)5-9-34(10-6-27)15-19-4-8-29-14-21(19)28/h2-4,8,12,14,17,20,22,36H,5-7,9-11,13,15-16H2,1H3,(H,32,37)/t20-,22+/m1/s1. The summed E-state index contributed by atoms with van der Waals surface area (Å²) in [7, 11) is -2.42. The molecule has 3 aliphatic heterocycles. The van der Waals surface area contributed by atoms with Gasteiger partial charge in [0.1, 0.15) is 23.0 Å². The fraction of sp³-hybridized carbons (Fsp3) is 0.481. The summed E-state index contributed by atoms with van der Waals surface area (Å²) in [6.07, 6.45) is 5.65. The number of aliphatic hydroxyl groups is 1. The highest BCUT2D eigenvalue weighted by Gasteiger charge is 2.47. The maximum absolute atomic E-state index is 13.9. The van der Waals surface area contributed by atoms with E-state index in [0.29, 0.717) is 55.3 Å². The van der Waals surface area contributed by atoms with Gasteiger partial charge in [0.15, 0.2) is 5.82 Å². The topological polar surface area (TPSA) is 143 Å². The zero-order valence-electron chi connectivity index (χ0n) is 22.6. The first-order valence-corrected chi connectivity index (χ1v) is 15.4. The minimum atomic E-state index is -4.17. The first-order valence-electron chi connectivity index (χ1n) is 13.6. The fourth-order valence-corrected chi connectivity index (χ4v) is 7.93. The van der Waals surface area contributed by atoms with Gasteiger partial charge < -0.3 is 15.2 Å². The molecule has 0 unspecified atom stereocenters. The summed E-state index contributed by atoms with van der Waals surface area (Å²) < 4.78 is 36.7. The molecular formula is C27H32ClN7O5S. The van der Waals surface area contributed by atoms with Crippen molar-refractivity contribution in [1.82, 2.24) is 34.3 Å². The Morgan fingerprint density at radius 2 is 2.02 bits per heavy atom. The van der Waals surface area contributed by atoms with Gasteiger partial charge in [-0.05, 0) is 42.7 Å². The van der Waals surface area contributed by atoms with Crippen molar-refractivity contribution in [2.24, 2.45) is 7.05 Å². The second kappa shape index (κ2) is 11.0. The number of sulfonamides is 1. The number of nitrogens with one attached hydrogen (secondary N) is 1. The number of amides is 1. The summed E-state index contributed by atoms with van der Waals surface area (Å²) in [5.74, 6) is 0.349. The average Bonchev–Trinajstić information content (AvgIpc) is 3.56. The minimum absolute atomic E-state index is 0.0288. The molecule has 0 aliphatic carbocycles. The van der Waals surface area contributed by atoms with Crippen LogP contribution in [0.25, 0.3) is 11.4 Å². The number of benzene rings is 1. The molecule has 14 heteroatoms. The van der Waals surface area contributed by atoms with Crippen LogP contribution in [0.5, 0.6) is 5.75 Å². The van der Waals surface area contributed by atoms with Crippen molar-refractivity contribution in [3.05, 3.63) is 53.6 Å². The highest BCUT2D eigenvalue weighted by molar-refractivity contribution is 7.89. The van der Waals surface area contributed by atoms with Crippen LogP contribution in [-0.4, -0.2) is 92.3 Å². The summed E-state index contributed by atoms with van der Waals surface area (Å²) >= 11 is 6.33. The Bertz CT molecular complexity index is 1560. The molecule has 1 aromatic carbocycles. The summed E-state index contributed by atoms with van der Waals surface area (Å²) in [6.45, 7) is 2.12. The normalized spacial score (nSPS) is 24.6. The number of aliphatic hydroxyl groups excluding tert-OH is 1. The third kappa shape index (κ3) is 5.44. The molecule has 2 fully saturated rings. The lowest BCUT2D eigenvalue weighted by atomic mass is 9.84. The average molecular weight is 602 g/mol. The van der Waals surface area contributed by atoms with Crippen LogP contribution < -0.4 is 10.1 Å². The molecule has 1 amide bonds. The third-order valence-electron chi connectivity index (χ3n) is 8.33. The number of carbonyl (C=O) groups excluding carboxylic acids is 1. The van der Waals surface area contributed by atoms with E-state index in [9.17, 15) is 18.3 Å². The maximum atomic E-state index is 13.9. The smallest absolute Gasteiger partial charge is 0.247 e. The van der Waals surface area contributed by atoms with E-state index >= 15 is 0 Å². The molecular weight excluding hydrogens is 570 g/mol. The molecule has 2 aromatic heterocycles. The Morgan fingerprint density at radius 3 is 2.76 bits per heavy atom. The SMILES string of the molecule is Cn1ncnc1-c1ccc2c(c1)OCCC1(CCN(Cc3ccncc3Cl)CC1)NC(=O)[C@@H]1C[C@@H](O)CN1S2(=O)=O. The Morgan fingerprint density at radius 1 is 1.22 bits per heavy atom. The Balaban J connectivity index is 1.31. The second-order valence-corrected chi connectivity index (χ2v) is 13.2. The lowest BCUT2D eigenvalue weighted by Gasteiger charge is -2.43. The summed E-state index contributed by atoms with van der Waals surface area (Å²) in [4.78, 5) is 24.3. The number of carbonyl (C=O) groups is 1. The summed E-state index contributed by atoms with van der Waals surface area (Å²) in [5, 5.41) is 18.4. The van der Waals surface area contributed by atoms with Gasteiger partial charge in [0.25, 0.3) is 0 Å². The number of nitrogens with zero attached hydrogens (tertiary/aromatic N) is 6. The summed E-state index contributed by atoms with van der Waals surface area (Å²) in [6, 6.07) is 5.66. The van der Waals surface area contributed by atoms with Crippen LogP contribution in [-0.2, 0) is 28.4 Å². The monoisotopic (exact) mass is 601 g/mol. The number of hydrogen-bond donors (Lipinski definition) is 2. The van der Waals surface area contributed by atoms with Crippen LogP contribution in [0.1, 0.15) is 31.2 Å². The van der Waals surface area contributed by atoms with Gasteiger partial charge >= 0.3 is 0 Å². The first-order chi connectivity index (χ1) is 19.6. The van der Waals surface area contributed by atoms with Crippen LogP contribution in [0.4, 0.5) is 0 Å². The summed E-state index contributed by atoms with van der Waals surface area (Å²) in [5.41, 5.74) is 1.05. The number of halogens is 1. The van der Waals surface area contributed by atoms with Crippen molar-refractivity contribution in [3.8, 4) is 17.1 Å².